The number of carbonyl (C=O) groups is 1. The molecule has 5 nitrogen and oxygen atoms in total. The molecule has 3 saturated heterocycles. The fourth-order valence-electron chi connectivity index (χ4n) is 2.01. The predicted octanol–water partition coefficient (Wildman–Crippen LogP) is -0.169. The van der Waals surface area contributed by atoms with Gasteiger partial charge in [0.1, 0.15) is 12.2 Å². The standard InChI is InChI=1S/C9H12O5/c1-9(2)13-6-5(4-3-11-4)12-8(10)7(6)14-9/h4-7H,3H2,1-2H3/t4-,5-,6+,7+/m1/s1. The normalized spacial score (nSPS) is 48.9. The van der Waals surface area contributed by atoms with Gasteiger partial charge < -0.3 is 18.9 Å². The van der Waals surface area contributed by atoms with Gasteiger partial charge in [-0.1, -0.05) is 0 Å². The van der Waals surface area contributed by atoms with E-state index < -0.39 is 11.9 Å². The second-order valence-electron chi connectivity index (χ2n) is 4.29. The summed E-state index contributed by atoms with van der Waals surface area (Å²) in [5, 5.41) is 0. The largest absolute Gasteiger partial charge is 0.455 e. The minimum absolute atomic E-state index is 0.00597. The second kappa shape index (κ2) is 2.48. The van der Waals surface area contributed by atoms with Crippen LogP contribution in [-0.4, -0.2) is 42.8 Å². The first-order valence-electron chi connectivity index (χ1n) is 4.74. The number of rotatable bonds is 1. The average Bonchev–Trinajstić information content (AvgIpc) is 2.80. The first-order chi connectivity index (χ1) is 6.57. The minimum atomic E-state index is -0.693. The topological polar surface area (TPSA) is 57.3 Å². The van der Waals surface area contributed by atoms with Crippen LogP contribution >= 0.6 is 0 Å². The van der Waals surface area contributed by atoms with E-state index in [9.17, 15) is 4.79 Å². The maximum atomic E-state index is 11.4. The van der Waals surface area contributed by atoms with E-state index in [2.05, 4.69) is 0 Å². The lowest BCUT2D eigenvalue weighted by Crippen LogP contribution is -2.33. The summed E-state index contributed by atoms with van der Waals surface area (Å²) in [5.41, 5.74) is 0. The van der Waals surface area contributed by atoms with Crippen LogP contribution < -0.4 is 0 Å². The highest BCUT2D eigenvalue weighted by Gasteiger charge is 2.60. The van der Waals surface area contributed by atoms with E-state index >= 15 is 0 Å². The smallest absolute Gasteiger partial charge is 0.338 e. The Bertz CT molecular complexity index is 283. The molecule has 0 unspecified atom stereocenters. The van der Waals surface area contributed by atoms with E-state index in [-0.39, 0.29) is 24.3 Å². The quantitative estimate of drug-likeness (QED) is 0.434. The van der Waals surface area contributed by atoms with Gasteiger partial charge in [-0.05, 0) is 13.8 Å². The molecule has 78 valence electrons. The number of fused-ring (bicyclic) bond motifs is 1. The van der Waals surface area contributed by atoms with Crippen LogP contribution in [0.15, 0.2) is 0 Å². The van der Waals surface area contributed by atoms with E-state index in [1.165, 1.54) is 0 Å². The lowest BCUT2D eigenvalue weighted by atomic mass is 10.1. The zero-order valence-corrected chi connectivity index (χ0v) is 8.06. The highest BCUT2D eigenvalue weighted by molar-refractivity contribution is 5.78. The van der Waals surface area contributed by atoms with Crippen molar-refractivity contribution in [1.82, 2.24) is 0 Å². The zero-order chi connectivity index (χ0) is 9.92. The third-order valence-electron chi connectivity index (χ3n) is 2.66. The van der Waals surface area contributed by atoms with Gasteiger partial charge in [0.05, 0.1) is 6.61 Å². The van der Waals surface area contributed by atoms with E-state index in [1.807, 2.05) is 0 Å². The summed E-state index contributed by atoms with van der Waals surface area (Å²) >= 11 is 0. The Morgan fingerprint density at radius 1 is 1.29 bits per heavy atom. The summed E-state index contributed by atoms with van der Waals surface area (Å²) in [6.45, 7) is 4.23. The van der Waals surface area contributed by atoms with Gasteiger partial charge in [-0.15, -0.1) is 0 Å². The van der Waals surface area contributed by atoms with Gasteiger partial charge in [-0.25, -0.2) is 4.79 Å². The Balaban J connectivity index is 1.83. The molecule has 0 saturated carbocycles. The summed E-state index contributed by atoms with van der Waals surface area (Å²) in [6, 6.07) is 0. The lowest BCUT2D eigenvalue weighted by molar-refractivity contribution is -0.187. The van der Waals surface area contributed by atoms with Gasteiger partial charge in [-0.3, -0.25) is 0 Å². The van der Waals surface area contributed by atoms with Crippen molar-refractivity contribution in [3.63, 3.8) is 0 Å². The number of esters is 1. The van der Waals surface area contributed by atoms with Crippen LogP contribution in [0.4, 0.5) is 0 Å². The monoisotopic (exact) mass is 200 g/mol. The van der Waals surface area contributed by atoms with Crippen LogP contribution in [0.5, 0.6) is 0 Å². The van der Waals surface area contributed by atoms with Crippen molar-refractivity contribution >= 4 is 5.97 Å². The summed E-state index contributed by atoms with van der Waals surface area (Å²) in [6.07, 6.45) is -1.15. The SMILES string of the molecule is CC1(C)O[C@H]2[C@@H]([C@H]3CO3)OC(=O)[C@H]2O1. The van der Waals surface area contributed by atoms with Crippen LogP contribution in [0.3, 0.4) is 0 Å². The molecule has 0 N–H and O–H groups in total. The highest BCUT2D eigenvalue weighted by atomic mass is 16.8. The molecule has 0 bridgehead atoms. The Morgan fingerprint density at radius 3 is 2.64 bits per heavy atom. The molecular weight excluding hydrogens is 188 g/mol. The van der Waals surface area contributed by atoms with Crippen LogP contribution in [0.2, 0.25) is 0 Å². The van der Waals surface area contributed by atoms with E-state index in [0.717, 1.165) is 0 Å². The third kappa shape index (κ3) is 1.16. The van der Waals surface area contributed by atoms with E-state index in [4.69, 9.17) is 18.9 Å². The van der Waals surface area contributed by atoms with Crippen LogP contribution in [-0.2, 0) is 23.7 Å². The number of epoxide rings is 1. The molecule has 0 spiro atoms. The number of hydrogen-bond donors (Lipinski definition) is 0. The predicted molar refractivity (Wildman–Crippen MR) is 43.4 cm³/mol. The molecule has 0 aromatic rings. The van der Waals surface area contributed by atoms with E-state index in [0.29, 0.717) is 6.61 Å². The molecule has 3 heterocycles. The van der Waals surface area contributed by atoms with Gasteiger partial charge in [0.15, 0.2) is 18.0 Å². The molecule has 0 amide bonds. The molecule has 3 aliphatic heterocycles. The molecule has 3 rings (SSSR count). The van der Waals surface area contributed by atoms with Gasteiger partial charge in [-0.2, -0.15) is 0 Å². The molecule has 4 atom stereocenters. The Morgan fingerprint density at radius 2 is 2.00 bits per heavy atom. The van der Waals surface area contributed by atoms with Crippen molar-refractivity contribution in [3.05, 3.63) is 0 Å². The first-order valence-corrected chi connectivity index (χ1v) is 4.74. The van der Waals surface area contributed by atoms with Crippen LogP contribution in [0.25, 0.3) is 0 Å². The van der Waals surface area contributed by atoms with Crippen molar-refractivity contribution in [2.24, 2.45) is 0 Å². The summed E-state index contributed by atoms with van der Waals surface area (Å²) in [4.78, 5) is 11.4. The maximum absolute atomic E-state index is 11.4. The third-order valence-corrected chi connectivity index (χ3v) is 2.66. The van der Waals surface area contributed by atoms with Gasteiger partial charge in [0.25, 0.3) is 0 Å². The zero-order valence-electron chi connectivity index (χ0n) is 8.06. The maximum Gasteiger partial charge on any atom is 0.338 e. The van der Waals surface area contributed by atoms with Crippen molar-refractivity contribution in [2.75, 3.05) is 6.61 Å². The molecule has 3 aliphatic rings. The fraction of sp³-hybridized carbons (Fsp3) is 0.889. The van der Waals surface area contributed by atoms with Crippen molar-refractivity contribution in [1.29, 1.82) is 0 Å². The van der Waals surface area contributed by atoms with Crippen LogP contribution in [0, 0.1) is 0 Å². The van der Waals surface area contributed by atoms with Gasteiger partial charge >= 0.3 is 5.97 Å². The van der Waals surface area contributed by atoms with Crippen molar-refractivity contribution in [3.8, 4) is 0 Å². The Kier molecular flexibility index (Phi) is 1.53. The van der Waals surface area contributed by atoms with Gasteiger partial charge in [0.2, 0.25) is 0 Å². The molecule has 14 heavy (non-hydrogen) atoms. The number of cyclic esters (lactones) is 1. The Hall–Kier alpha value is -0.650. The number of hydrogen-bond acceptors (Lipinski definition) is 5. The van der Waals surface area contributed by atoms with Crippen molar-refractivity contribution in [2.45, 2.75) is 44.1 Å². The minimum Gasteiger partial charge on any atom is -0.455 e. The average molecular weight is 200 g/mol. The number of ether oxygens (including phenoxy) is 4. The Labute approximate surface area is 81.3 Å². The summed E-state index contributed by atoms with van der Waals surface area (Å²) in [7, 11) is 0. The molecule has 5 heteroatoms. The summed E-state index contributed by atoms with van der Waals surface area (Å²) in [5.74, 6) is -1.02. The van der Waals surface area contributed by atoms with E-state index in [1.54, 1.807) is 13.8 Å². The molecule has 0 radical (unpaired) electrons. The molecule has 3 fully saturated rings. The van der Waals surface area contributed by atoms with Crippen molar-refractivity contribution < 1.29 is 23.7 Å². The van der Waals surface area contributed by atoms with Crippen LogP contribution in [0.1, 0.15) is 13.8 Å². The fourth-order valence-corrected chi connectivity index (χ4v) is 2.01. The highest BCUT2D eigenvalue weighted by Crippen LogP contribution is 2.39. The summed E-state index contributed by atoms with van der Waals surface area (Å²) < 4.78 is 21.3. The van der Waals surface area contributed by atoms with Gasteiger partial charge in [0, 0.05) is 0 Å². The second-order valence-corrected chi connectivity index (χ2v) is 4.29. The molecule has 0 aromatic carbocycles. The first kappa shape index (κ1) is 8.64. The molecule has 0 aliphatic carbocycles. The lowest BCUT2D eigenvalue weighted by Gasteiger charge is -2.20. The molecule has 0 aromatic heterocycles. The molecular formula is C9H12O5. The number of carbonyl (C=O) groups excluding carboxylic acids is 1.